The molecular weight excluding hydrogens is 256 g/mol. The van der Waals surface area contributed by atoms with Gasteiger partial charge in [-0.1, -0.05) is 17.7 Å². The van der Waals surface area contributed by atoms with Gasteiger partial charge in [-0.15, -0.1) is 0 Å². The first-order valence-corrected chi connectivity index (χ1v) is 6.97. The van der Waals surface area contributed by atoms with Gasteiger partial charge in [0.05, 0.1) is 18.7 Å². The zero-order valence-electron chi connectivity index (χ0n) is 11.9. The lowest BCUT2D eigenvalue weighted by atomic mass is 10.2. The Morgan fingerprint density at radius 2 is 2.20 bits per heavy atom. The molecule has 1 aliphatic heterocycles. The topological polar surface area (TPSA) is 70.6 Å². The van der Waals surface area contributed by atoms with E-state index in [2.05, 4.69) is 10.6 Å². The molecule has 1 heterocycles. The highest BCUT2D eigenvalue weighted by molar-refractivity contribution is 5.82. The van der Waals surface area contributed by atoms with Gasteiger partial charge >= 0.3 is 0 Å². The number of benzene rings is 1. The van der Waals surface area contributed by atoms with E-state index in [-0.39, 0.29) is 18.1 Å². The van der Waals surface area contributed by atoms with Crippen molar-refractivity contribution in [2.24, 2.45) is 0 Å². The van der Waals surface area contributed by atoms with Gasteiger partial charge in [-0.3, -0.25) is 4.79 Å². The van der Waals surface area contributed by atoms with E-state index >= 15 is 0 Å². The molecule has 1 saturated heterocycles. The van der Waals surface area contributed by atoms with Crippen LogP contribution in [0, 0.1) is 6.92 Å². The van der Waals surface area contributed by atoms with E-state index < -0.39 is 6.10 Å². The highest BCUT2D eigenvalue weighted by Crippen LogP contribution is 2.13. The highest BCUT2D eigenvalue weighted by atomic mass is 16.5. The molecule has 5 nitrogen and oxygen atoms in total. The number of hydrogen-bond donors (Lipinski definition) is 3. The van der Waals surface area contributed by atoms with Crippen molar-refractivity contribution in [1.82, 2.24) is 10.6 Å². The Morgan fingerprint density at radius 3 is 2.80 bits per heavy atom. The van der Waals surface area contributed by atoms with E-state index in [9.17, 15) is 9.90 Å². The van der Waals surface area contributed by atoms with Crippen LogP contribution in [0.25, 0.3) is 0 Å². The molecule has 110 valence electrons. The molecule has 0 spiro atoms. The SMILES string of the molecule is Cc1ccc(O[C@H](C)CNC(=O)[C@H]2C[C@H](O)CN2)cc1. The number of amides is 1. The Kier molecular flexibility index (Phi) is 4.98. The number of ether oxygens (including phenoxy) is 1. The quantitative estimate of drug-likeness (QED) is 0.738. The fourth-order valence-corrected chi connectivity index (χ4v) is 2.18. The minimum atomic E-state index is -0.424. The van der Waals surface area contributed by atoms with Crippen molar-refractivity contribution in [2.75, 3.05) is 13.1 Å². The lowest BCUT2D eigenvalue weighted by Gasteiger charge is -2.17. The van der Waals surface area contributed by atoms with Crippen molar-refractivity contribution in [3.05, 3.63) is 29.8 Å². The second-order valence-electron chi connectivity index (χ2n) is 5.34. The van der Waals surface area contributed by atoms with Gasteiger partial charge in [0.1, 0.15) is 11.9 Å². The van der Waals surface area contributed by atoms with Crippen LogP contribution in [-0.4, -0.2) is 42.4 Å². The summed E-state index contributed by atoms with van der Waals surface area (Å²) in [5, 5.41) is 15.2. The Bertz CT molecular complexity index is 447. The molecule has 0 radical (unpaired) electrons. The Hall–Kier alpha value is -1.59. The largest absolute Gasteiger partial charge is 0.489 e. The summed E-state index contributed by atoms with van der Waals surface area (Å²) in [6.07, 6.45) is -0.0565. The van der Waals surface area contributed by atoms with Crippen molar-refractivity contribution in [1.29, 1.82) is 0 Å². The van der Waals surface area contributed by atoms with E-state index in [0.29, 0.717) is 19.5 Å². The number of aliphatic hydroxyl groups excluding tert-OH is 1. The van der Waals surface area contributed by atoms with Crippen LogP contribution in [0.4, 0.5) is 0 Å². The van der Waals surface area contributed by atoms with Crippen molar-refractivity contribution < 1.29 is 14.6 Å². The molecule has 2 rings (SSSR count). The van der Waals surface area contributed by atoms with E-state index in [1.165, 1.54) is 5.56 Å². The molecule has 0 aliphatic carbocycles. The maximum Gasteiger partial charge on any atom is 0.237 e. The molecular formula is C15H22N2O3. The molecule has 3 atom stereocenters. The smallest absolute Gasteiger partial charge is 0.237 e. The van der Waals surface area contributed by atoms with Gasteiger partial charge in [0.2, 0.25) is 5.91 Å². The van der Waals surface area contributed by atoms with E-state index in [4.69, 9.17) is 4.74 Å². The molecule has 0 aromatic heterocycles. The molecule has 20 heavy (non-hydrogen) atoms. The average Bonchev–Trinajstić information content (AvgIpc) is 2.85. The van der Waals surface area contributed by atoms with Gasteiger partial charge in [-0.25, -0.2) is 0 Å². The number of nitrogens with one attached hydrogen (secondary N) is 2. The van der Waals surface area contributed by atoms with Crippen LogP contribution in [0.15, 0.2) is 24.3 Å². The molecule has 1 aromatic carbocycles. The summed E-state index contributed by atoms with van der Waals surface area (Å²) in [6, 6.07) is 7.52. The number of aliphatic hydroxyl groups is 1. The number of aryl methyl sites for hydroxylation is 1. The predicted octanol–water partition coefficient (Wildman–Crippen LogP) is 0.601. The zero-order chi connectivity index (χ0) is 14.5. The van der Waals surface area contributed by atoms with Crippen LogP contribution in [-0.2, 0) is 4.79 Å². The first kappa shape index (κ1) is 14.8. The highest BCUT2D eigenvalue weighted by Gasteiger charge is 2.27. The molecule has 0 bridgehead atoms. The Morgan fingerprint density at radius 1 is 1.50 bits per heavy atom. The first-order chi connectivity index (χ1) is 9.54. The van der Waals surface area contributed by atoms with Crippen molar-refractivity contribution in [3.63, 3.8) is 0 Å². The van der Waals surface area contributed by atoms with Crippen molar-refractivity contribution in [2.45, 2.75) is 38.5 Å². The second-order valence-corrected chi connectivity index (χ2v) is 5.34. The first-order valence-electron chi connectivity index (χ1n) is 6.97. The number of carbonyl (C=O) groups is 1. The third-order valence-electron chi connectivity index (χ3n) is 3.35. The predicted molar refractivity (Wildman–Crippen MR) is 76.7 cm³/mol. The molecule has 1 fully saturated rings. The summed E-state index contributed by atoms with van der Waals surface area (Å²) in [5.74, 6) is 0.715. The second kappa shape index (κ2) is 6.72. The van der Waals surface area contributed by atoms with E-state index in [0.717, 1.165) is 5.75 Å². The summed E-state index contributed by atoms with van der Waals surface area (Å²) in [7, 11) is 0. The summed E-state index contributed by atoms with van der Waals surface area (Å²) >= 11 is 0. The summed E-state index contributed by atoms with van der Waals surface area (Å²) in [5.41, 5.74) is 1.18. The molecule has 0 saturated carbocycles. The monoisotopic (exact) mass is 278 g/mol. The summed E-state index contributed by atoms with van der Waals surface area (Å²) in [4.78, 5) is 11.9. The minimum Gasteiger partial charge on any atom is -0.489 e. The van der Waals surface area contributed by atoms with Gasteiger partial charge in [0, 0.05) is 6.54 Å². The van der Waals surface area contributed by atoms with Crippen LogP contribution < -0.4 is 15.4 Å². The third kappa shape index (κ3) is 4.21. The van der Waals surface area contributed by atoms with Gasteiger partial charge in [0.25, 0.3) is 0 Å². The fraction of sp³-hybridized carbons (Fsp3) is 0.533. The molecule has 1 aromatic rings. The third-order valence-corrected chi connectivity index (χ3v) is 3.35. The van der Waals surface area contributed by atoms with Gasteiger partial charge in [-0.2, -0.15) is 0 Å². The summed E-state index contributed by atoms with van der Waals surface area (Å²) < 4.78 is 5.72. The number of hydrogen-bond acceptors (Lipinski definition) is 4. The van der Waals surface area contributed by atoms with Gasteiger partial charge < -0.3 is 20.5 Å². The lowest BCUT2D eigenvalue weighted by molar-refractivity contribution is -0.123. The van der Waals surface area contributed by atoms with Crippen LogP contribution >= 0.6 is 0 Å². The van der Waals surface area contributed by atoms with Crippen LogP contribution in [0.1, 0.15) is 18.9 Å². The molecule has 1 aliphatic rings. The lowest BCUT2D eigenvalue weighted by Crippen LogP contribution is -2.43. The molecule has 3 N–H and O–H groups in total. The Balaban J connectivity index is 1.73. The Labute approximate surface area is 119 Å². The normalized spacial score (nSPS) is 23.4. The minimum absolute atomic E-state index is 0.0825. The standard InChI is InChI=1S/C15H22N2O3/c1-10-3-5-13(6-4-10)20-11(2)8-17-15(19)14-7-12(18)9-16-14/h3-6,11-12,14,16,18H,7-9H2,1-2H3,(H,17,19)/t11-,12+,14-/m1/s1. The number of carbonyl (C=O) groups excluding carboxylic acids is 1. The van der Waals surface area contributed by atoms with Crippen LogP contribution in [0.3, 0.4) is 0 Å². The van der Waals surface area contributed by atoms with Crippen molar-refractivity contribution in [3.8, 4) is 5.75 Å². The van der Waals surface area contributed by atoms with Gasteiger partial charge in [0.15, 0.2) is 0 Å². The maximum absolute atomic E-state index is 11.9. The molecule has 0 unspecified atom stereocenters. The van der Waals surface area contributed by atoms with Crippen molar-refractivity contribution >= 4 is 5.91 Å². The number of β-amino-alcohol motifs (C(OH)–C–C–N with tert-alkyl or cyclic N) is 1. The summed E-state index contributed by atoms with van der Waals surface area (Å²) in [6.45, 7) is 4.86. The molecule has 5 heteroatoms. The van der Waals surface area contributed by atoms with E-state index in [1.807, 2.05) is 38.1 Å². The zero-order valence-corrected chi connectivity index (χ0v) is 11.9. The average molecular weight is 278 g/mol. The number of rotatable bonds is 5. The van der Waals surface area contributed by atoms with E-state index in [1.54, 1.807) is 0 Å². The van der Waals surface area contributed by atoms with Crippen LogP contribution in [0.5, 0.6) is 5.75 Å². The molecule has 1 amide bonds. The van der Waals surface area contributed by atoms with Crippen LogP contribution in [0.2, 0.25) is 0 Å². The maximum atomic E-state index is 11.9. The fourth-order valence-electron chi connectivity index (χ4n) is 2.18. The van der Waals surface area contributed by atoms with Gasteiger partial charge in [-0.05, 0) is 32.4 Å².